The number of carbonyl (C=O) groups is 2. The number of likely N-dealkylation sites (N-methyl/N-ethyl adjacent to an activating group) is 1. The molecule has 3 rings (SSSR count). The summed E-state index contributed by atoms with van der Waals surface area (Å²) >= 11 is 1.42. The summed E-state index contributed by atoms with van der Waals surface area (Å²) in [4.78, 5) is 31.1. The lowest BCUT2D eigenvalue weighted by molar-refractivity contribution is 0.0305. The zero-order chi connectivity index (χ0) is 21.2. The van der Waals surface area contributed by atoms with Crippen LogP contribution >= 0.6 is 11.3 Å². The summed E-state index contributed by atoms with van der Waals surface area (Å²) in [5.74, 6) is 0.706. The quantitative estimate of drug-likeness (QED) is 0.614. The number of thiophene rings is 1. The van der Waals surface area contributed by atoms with E-state index >= 15 is 0 Å². The number of hydrogen-bond donors (Lipinski definition) is 1. The molecule has 0 fully saturated rings. The zero-order valence-electron chi connectivity index (χ0n) is 17.2. The molecule has 29 heavy (non-hydrogen) atoms. The minimum absolute atomic E-state index is 0.0412. The Labute approximate surface area is 173 Å². The van der Waals surface area contributed by atoms with Crippen molar-refractivity contribution in [3.8, 4) is 10.6 Å². The second kappa shape index (κ2) is 8.20. The molecule has 8 nitrogen and oxygen atoms in total. The third-order valence-electron chi connectivity index (χ3n) is 4.03. The van der Waals surface area contributed by atoms with Crippen molar-refractivity contribution >= 4 is 34.7 Å². The van der Waals surface area contributed by atoms with Crippen molar-refractivity contribution in [2.45, 2.75) is 33.3 Å². The van der Waals surface area contributed by atoms with Crippen LogP contribution in [0.4, 0.5) is 10.6 Å². The molecular weight excluding hydrogens is 390 g/mol. The summed E-state index contributed by atoms with van der Waals surface area (Å²) in [6, 6.07) is 7.43. The Morgan fingerprint density at radius 2 is 2.00 bits per heavy atom. The van der Waals surface area contributed by atoms with Crippen LogP contribution in [0.1, 0.15) is 37.4 Å². The second-order valence-corrected chi connectivity index (χ2v) is 8.76. The largest absolute Gasteiger partial charge is 0.444 e. The van der Waals surface area contributed by atoms with Crippen molar-refractivity contribution in [2.75, 3.05) is 25.5 Å². The highest BCUT2D eigenvalue weighted by Gasteiger charge is 2.19. The Bertz CT molecular complexity index is 1030. The molecule has 0 atom stereocenters. The third kappa shape index (κ3) is 5.11. The monoisotopic (exact) mass is 415 g/mol. The molecule has 0 saturated carbocycles. The molecule has 0 saturated heterocycles. The summed E-state index contributed by atoms with van der Waals surface area (Å²) in [5.41, 5.74) is 1.02. The van der Waals surface area contributed by atoms with E-state index < -0.39 is 5.60 Å². The van der Waals surface area contributed by atoms with Gasteiger partial charge in [-0.05, 0) is 52.0 Å². The van der Waals surface area contributed by atoms with Gasteiger partial charge in [-0.1, -0.05) is 0 Å². The number of amides is 1. The number of hydrogen-bond acceptors (Lipinski definition) is 7. The lowest BCUT2D eigenvalue weighted by atomic mass is 10.2. The summed E-state index contributed by atoms with van der Waals surface area (Å²) in [5, 5.41) is 7.81. The molecule has 0 spiro atoms. The average Bonchev–Trinajstić information content (AvgIpc) is 3.26. The molecule has 0 aliphatic carbocycles. The number of imidazole rings is 1. The predicted molar refractivity (Wildman–Crippen MR) is 114 cm³/mol. The van der Waals surface area contributed by atoms with Gasteiger partial charge in [0.2, 0.25) is 0 Å². The van der Waals surface area contributed by atoms with Crippen molar-refractivity contribution in [1.82, 2.24) is 19.5 Å². The maximum Gasteiger partial charge on any atom is 0.410 e. The van der Waals surface area contributed by atoms with Crippen molar-refractivity contribution < 1.29 is 14.3 Å². The fourth-order valence-electron chi connectivity index (χ4n) is 2.58. The van der Waals surface area contributed by atoms with E-state index in [1.54, 1.807) is 24.7 Å². The Morgan fingerprint density at radius 3 is 2.66 bits per heavy atom. The molecule has 0 aliphatic heterocycles. The molecule has 0 aromatic carbocycles. The first kappa shape index (κ1) is 20.8. The first-order chi connectivity index (χ1) is 13.6. The Hall–Kier alpha value is -2.94. The average molecular weight is 416 g/mol. The molecule has 1 N–H and O–H groups in total. The highest BCUT2D eigenvalue weighted by atomic mass is 32.1. The van der Waals surface area contributed by atoms with Crippen LogP contribution in [-0.2, 0) is 4.74 Å². The maximum atomic E-state index is 12.0. The lowest BCUT2D eigenvalue weighted by Crippen LogP contribution is -2.36. The molecule has 3 aromatic rings. The third-order valence-corrected chi connectivity index (χ3v) is 5.23. The number of carbonyl (C=O) groups excluding carboxylic acids is 2. The van der Waals surface area contributed by atoms with Gasteiger partial charge in [-0.3, -0.25) is 4.79 Å². The van der Waals surface area contributed by atoms with E-state index in [1.165, 1.54) is 16.2 Å². The van der Waals surface area contributed by atoms with E-state index in [0.717, 1.165) is 10.6 Å². The predicted octanol–water partition coefficient (Wildman–Crippen LogP) is 3.94. The highest BCUT2D eigenvalue weighted by Crippen LogP contribution is 2.28. The number of nitrogens with zero attached hydrogens (tertiary/aromatic N) is 4. The van der Waals surface area contributed by atoms with E-state index in [9.17, 15) is 9.59 Å². The van der Waals surface area contributed by atoms with Gasteiger partial charge >= 0.3 is 6.09 Å². The van der Waals surface area contributed by atoms with Crippen molar-refractivity contribution in [3.05, 3.63) is 35.3 Å². The number of fused-ring (bicyclic) bond motifs is 1. The van der Waals surface area contributed by atoms with Gasteiger partial charge in [0.25, 0.3) is 0 Å². The topological polar surface area (TPSA) is 88.8 Å². The van der Waals surface area contributed by atoms with E-state index in [1.807, 2.05) is 45.0 Å². The van der Waals surface area contributed by atoms with Gasteiger partial charge in [-0.15, -0.1) is 16.4 Å². The summed E-state index contributed by atoms with van der Waals surface area (Å²) < 4.78 is 7.09. The minimum atomic E-state index is -0.521. The first-order valence-corrected chi connectivity index (χ1v) is 10.1. The number of nitrogens with one attached hydrogen (secondary N) is 1. The summed E-state index contributed by atoms with van der Waals surface area (Å²) in [7, 11) is 1.70. The van der Waals surface area contributed by atoms with Crippen LogP contribution in [0.25, 0.3) is 16.2 Å². The van der Waals surface area contributed by atoms with Crippen LogP contribution in [0.5, 0.6) is 0 Å². The molecule has 0 bridgehead atoms. The number of Topliss-reactive ketones (excluding diaryl/α,β-unsaturated/α-hetero) is 1. The highest BCUT2D eigenvalue weighted by molar-refractivity contribution is 7.17. The van der Waals surface area contributed by atoms with Crippen LogP contribution in [0.15, 0.2) is 30.5 Å². The molecule has 154 valence electrons. The molecule has 0 aliphatic rings. The van der Waals surface area contributed by atoms with Crippen LogP contribution in [-0.4, -0.2) is 57.1 Å². The van der Waals surface area contributed by atoms with E-state index in [0.29, 0.717) is 29.4 Å². The normalized spacial score (nSPS) is 11.5. The molecular formula is C20H25N5O3S. The second-order valence-electron chi connectivity index (χ2n) is 7.68. The standard InChI is InChI=1S/C20H25N5O3S/c1-13(26)15-6-7-16(29-15)14-12-22-18-9-8-17(23-25(14)18)21-10-11-24(5)19(27)28-20(2,3)4/h6-9,12H,10-11H2,1-5H3,(H,21,23). The van der Waals surface area contributed by atoms with Crippen LogP contribution < -0.4 is 5.32 Å². The molecule has 0 unspecified atom stereocenters. The smallest absolute Gasteiger partial charge is 0.410 e. The molecule has 0 radical (unpaired) electrons. The van der Waals surface area contributed by atoms with Crippen LogP contribution in [0.3, 0.4) is 0 Å². The van der Waals surface area contributed by atoms with E-state index in [2.05, 4.69) is 15.4 Å². The number of rotatable bonds is 6. The van der Waals surface area contributed by atoms with Gasteiger partial charge < -0.3 is 15.0 Å². The Balaban J connectivity index is 1.68. The number of ketones is 1. The zero-order valence-corrected chi connectivity index (χ0v) is 18.0. The van der Waals surface area contributed by atoms with Crippen molar-refractivity contribution in [2.24, 2.45) is 0 Å². The molecule has 1 amide bonds. The SMILES string of the molecule is CC(=O)c1ccc(-c2cnc3ccc(NCCN(C)C(=O)OC(C)(C)C)nn23)s1. The van der Waals surface area contributed by atoms with Gasteiger partial charge in [0, 0.05) is 20.1 Å². The number of aromatic nitrogens is 3. The maximum absolute atomic E-state index is 12.0. The van der Waals surface area contributed by atoms with Gasteiger partial charge in [-0.2, -0.15) is 0 Å². The minimum Gasteiger partial charge on any atom is -0.444 e. The van der Waals surface area contributed by atoms with Crippen molar-refractivity contribution in [1.29, 1.82) is 0 Å². The molecule has 3 heterocycles. The molecule has 9 heteroatoms. The lowest BCUT2D eigenvalue weighted by Gasteiger charge is -2.24. The van der Waals surface area contributed by atoms with Gasteiger partial charge in [-0.25, -0.2) is 14.3 Å². The van der Waals surface area contributed by atoms with E-state index in [-0.39, 0.29) is 11.9 Å². The molecule has 3 aromatic heterocycles. The van der Waals surface area contributed by atoms with Gasteiger partial charge in [0.15, 0.2) is 11.4 Å². The fraction of sp³-hybridized carbons (Fsp3) is 0.400. The van der Waals surface area contributed by atoms with E-state index in [4.69, 9.17) is 4.74 Å². The van der Waals surface area contributed by atoms with Gasteiger partial charge in [0.1, 0.15) is 17.1 Å². The van der Waals surface area contributed by atoms with Crippen LogP contribution in [0.2, 0.25) is 0 Å². The number of ether oxygens (including phenoxy) is 1. The van der Waals surface area contributed by atoms with Crippen LogP contribution in [0, 0.1) is 0 Å². The fourth-order valence-corrected chi connectivity index (χ4v) is 3.48. The Morgan fingerprint density at radius 1 is 1.24 bits per heavy atom. The van der Waals surface area contributed by atoms with Crippen molar-refractivity contribution in [3.63, 3.8) is 0 Å². The summed E-state index contributed by atoms with van der Waals surface area (Å²) in [6.45, 7) is 8.06. The first-order valence-electron chi connectivity index (χ1n) is 9.28. The summed E-state index contributed by atoms with van der Waals surface area (Å²) in [6.07, 6.45) is 1.39. The number of anilines is 1. The Kier molecular flexibility index (Phi) is 5.88. The van der Waals surface area contributed by atoms with Gasteiger partial charge in [0.05, 0.1) is 16.0 Å².